The van der Waals surface area contributed by atoms with E-state index in [2.05, 4.69) is 17.1 Å². The minimum atomic E-state index is -1.13. The first-order valence-electron chi connectivity index (χ1n) is 10.2. The lowest BCUT2D eigenvalue weighted by atomic mass is 9.72. The van der Waals surface area contributed by atoms with Crippen LogP contribution in [0.25, 0.3) is 28.2 Å². The fourth-order valence-corrected chi connectivity index (χ4v) is 4.14. The van der Waals surface area contributed by atoms with Crippen molar-refractivity contribution in [1.82, 2.24) is 14.4 Å². The van der Waals surface area contributed by atoms with E-state index < -0.39 is 5.97 Å². The average molecular weight is 414 g/mol. The summed E-state index contributed by atoms with van der Waals surface area (Å²) >= 11 is 0. The first-order chi connectivity index (χ1) is 15.0. The fourth-order valence-electron chi connectivity index (χ4n) is 4.14. The molecule has 0 bridgehead atoms. The van der Waals surface area contributed by atoms with Gasteiger partial charge >= 0.3 is 5.97 Å². The molecule has 0 saturated heterocycles. The summed E-state index contributed by atoms with van der Waals surface area (Å²) in [5.41, 5.74) is 11.0. The van der Waals surface area contributed by atoms with Gasteiger partial charge in [0.15, 0.2) is 5.69 Å². The zero-order valence-electron chi connectivity index (χ0n) is 17.1. The zero-order chi connectivity index (χ0) is 21.6. The summed E-state index contributed by atoms with van der Waals surface area (Å²) in [6, 6.07) is 17.9. The molecule has 4 aromatic rings. The highest BCUT2D eigenvalue weighted by atomic mass is 16.5. The summed E-state index contributed by atoms with van der Waals surface area (Å²) in [7, 11) is 1.46. The Bertz CT molecular complexity index is 1280. The van der Waals surface area contributed by atoms with Crippen LogP contribution in [0, 0.1) is 0 Å². The number of nitrogens with zero attached hydrogens (tertiary/aromatic N) is 3. The van der Waals surface area contributed by atoms with Gasteiger partial charge in [0.25, 0.3) is 5.88 Å². The van der Waals surface area contributed by atoms with E-state index in [9.17, 15) is 9.90 Å². The second-order valence-electron chi connectivity index (χ2n) is 7.90. The van der Waals surface area contributed by atoms with Crippen LogP contribution < -0.4 is 10.5 Å². The maximum absolute atomic E-state index is 11.6. The van der Waals surface area contributed by atoms with Gasteiger partial charge in [-0.1, -0.05) is 54.6 Å². The Morgan fingerprint density at radius 1 is 1.06 bits per heavy atom. The highest BCUT2D eigenvalue weighted by molar-refractivity contribution is 5.88. The van der Waals surface area contributed by atoms with Gasteiger partial charge in [0.05, 0.1) is 18.5 Å². The molecule has 0 atom stereocenters. The van der Waals surface area contributed by atoms with Crippen molar-refractivity contribution in [3.63, 3.8) is 0 Å². The highest BCUT2D eigenvalue weighted by Gasteiger charge is 2.34. The van der Waals surface area contributed by atoms with E-state index in [1.165, 1.54) is 13.3 Å². The number of nitrogens with two attached hydrogens (primary N) is 1. The van der Waals surface area contributed by atoms with Crippen LogP contribution in [0.3, 0.4) is 0 Å². The van der Waals surface area contributed by atoms with Gasteiger partial charge in [0.2, 0.25) is 5.65 Å². The molecule has 2 heterocycles. The average Bonchev–Trinajstić information content (AvgIpc) is 3.17. The maximum Gasteiger partial charge on any atom is 0.356 e. The molecule has 5 rings (SSSR count). The quantitative estimate of drug-likeness (QED) is 0.509. The Labute approximate surface area is 179 Å². The van der Waals surface area contributed by atoms with Crippen molar-refractivity contribution in [2.75, 3.05) is 7.11 Å². The number of hydrogen-bond donors (Lipinski definition) is 2. The molecule has 0 amide bonds. The molecule has 0 radical (unpaired) electrons. The second-order valence-corrected chi connectivity index (χ2v) is 7.90. The lowest BCUT2D eigenvalue weighted by Gasteiger charge is -2.38. The number of imidazole rings is 1. The fraction of sp³-hybridized carbons (Fsp3) is 0.208. The molecule has 31 heavy (non-hydrogen) atoms. The van der Waals surface area contributed by atoms with Crippen LogP contribution in [0.1, 0.15) is 35.3 Å². The number of benzene rings is 2. The Kier molecular flexibility index (Phi) is 4.48. The molecule has 1 aliphatic carbocycles. The van der Waals surface area contributed by atoms with Gasteiger partial charge in [-0.05, 0) is 24.8 Å². The third-order valence-corrected chi connectivity index (χ3v) is 6.01. The summed E-state index contributed by atoms with van der Waals surface area (Å²) < 4.78 is 7.11. The number of carbonyl (C=O) groups is 1. The molecule has 156 valence electrons. The summed E-state index contributed by atoms with van der Waals surface area (Å²) in [5, 5.41) is 9.52. The topological polar surface area (TPSA) is 103 Å². The number of aromatic nitrogens is 3. The molecule has 0 unspecified atom stereocenters. The monoisotopic (exact) mass is 414 g/mol. The Morgan fingerprint density at radius 3 is 2.35 bits per heavy atom. The summed E-state index contributed by atoms with van der Waals surface area (Å²) in [6.07, 6.45) is 4.63. The molecule has 0 spiro atoms. The number of rotatable bonds is 5. The van der Waals surface area contributed by atoms with Crippen molar-refractivity contribution in [2.24, 2.45) is 5.73 Å². The van der Waals surface area contributed by atoms with Crippen molar-refractivity contribution in [2.45, 2.75) is 24.8 Å². The molecule has 0 aliphatic heterocycles. The first-order valence-corrected chi connectivity index (χ1v) is 10.2. The predicted octanol–water partition coefficient (Wildman–Crippen LogP) is 4.11. The smallest absolute Gasteiger partial charge is 0.356 e. The number of carboxylic acids is 1. The van der Waals surface area contributed by atoms with E-state index in [1.807, 2.05) is 42.5 Å². The number of carboxylic acid groups (broad SMARTS) is 1. The van der Waals surface area contributed by atoms with Crippen molar-refractivity contribution in [3.05, 3.63) is 72.1 Å². The van der Waals surface area contributed by atoms with Crippen LogP contribution in [0.15, 0.2) is 60.8 Å². The third kappa shape index (κ3) is 3.14. The molecule has 2 aromatic carbocycles. The van der Waals surface area contributed by atoms with Gasteiger partial charge in [-0.2, -0.15) is 0 Å². The van der Waals surface area contributed by atoms with Crippen molar-refractivity contribution < 1.29 is 14.6 Å². The standard InChI is InChI=1S/C24H22N4O3/c1-31-22-21-27-19(15-8-10-17(11-9-15)24(25)12-5-13-24)20(16-6-3-2-4-7-16)28(21)14-18(26-22)23(29)30/h2-4,6-11,14H,5,12-13,25H2,1H3,(H,29,30). The van der Waals surface area contributed by atoms with Crippen LogP contribution in [0.2, 0.25) is 0 Å². The minimum Gasteiger partial charge on any atom is -0.478 e. The lowest BCUT2D eigenvalue weighted by molar-refractivity contribution is 0.0689. The number of methoxy groups -OCH3 is 1. The molecule has 1 fully saturated rings. The molecule has 1 saturated carbocycles. The zero-order valence-corrected chi connectivity index (χ0v) is 17.1. The predicted molar refractivity (Wildman–Crippen MR) is 117 cm³/mol. The molecule has 1 aliphatic rings. The van der Waals surface area contributed by atoms with Gasteiger partial charge < -0.3 is 15.6 Å². The molecular formula is C24H22N4O3. The van der Waals surface area contributed by atoms with Gasteiger partial charge in [-0.3, -0.25) is 4.40 Å². The van der Waals surface area contributed by atoms with Crippen LogP contribution in [-0.4, -0.2) is 32.6 Å². The van der Waals surface area contributed by atoms with Crippen LogP contribution in [0.4, 0.5) is 0 Å². The second kappa shape index (κ2) is 7.21. The summed E-state index contributed by atoms with van der Waals surface area (Å²) in [6.45, 7) is 0. The van der Waals surface area contributed by atoms with Crippen molar-refractivity contribution >= 4 is 11.6 Å². The number of ether oxygens (including phenoxy) is 1. The van der Waals surface area contributed by atoms with Crippen molar-refractivity contribution in [1.29, 1.82) is 0 Å². The summed E-state index contributed by atoms with van der Waals surface area (Å²) in [4.78, 5) is 20.6. The van der Waals surface area contributed by atoms with Gasteiger partial charge in [0.1, 0.15) is 0 Å². The van der Waals surface area contributed by atoms with E-state index >= 15 is 0 Å². The van der Waals surface area contributed by atoms with Crippen LogP contribution >= 0.6 is 0 Å². The van der Waals surface area contributed by atoms with E-state index in [1.54, 1.807) is 4.40 Å². The van der Waals surface area contributed by atoms with Gasteiger partial charge in [-0.25, -0.2) is 14.8 Å². The molecule has 7 nitrogen and oxygen atoms in total. The largest absolute Gasteiger partial charge is 0.478 e. The maximum atomic E-state index is 11.6. The van der Waals surface area contributed by atoms with Gasteiger partial charge in [0, 0.05) is 22.9 Å². The lowest BCUT2D eigenvalue weighted by Crippen LogP contribution is -2.43. The molecule has 2 aromatic heterocycles. The summed E-state index contributed by atoms with van der Waals surface area (Å²) in [5.74, 6) is -0.970. The first kappa shape index (κ1) is 19.3. The highest BCUT2D eigenvalue weighted by Crippen LogP contribution is 2.40. The van der Waals surface area contributed by atoms with E-state index in [0.29, 0.717) is 5.65 Å². The number of hydrogen-bond acceptors (Lipinski definition) is 5. The SMILES string of the molecule is COc1nc(C(=O)O)cn2c(-c3ccccc3)c(-c3ccc(C4(N)CCC4)cc3)nc12. The number of aromatic carboxylic acids is 1. The number of fused-ring (bicyclic) bond motifs is 1. The molecule has 3 N–H and O–H groups in total. The Balaban J connectivity index is 1.75. The van der Waals surface area contributed by atoms with E-state index in [4.69, 9.17) is 15.5 Å². The van der Waals surface area contributed by atoms with E-state index in [-0.39, 0.29) is 17.1 Å². The molecule has 7 heteroatoms. The molecular weight excluding hydrogens is 392 g/mol. The van der Waals surface area contributed by atoms with Gasteiger partial charge in [-0.15, -0.1) is 0 Å². The minimum absolute atomic E-state index is 0.115. The third-order valence-electron chi connectivity index (χ3n) is 6.01. The normalized spacial score (nSPS) is 14.9. The Hall–Kier alpha value is -3.71. The van der Waals surface area contributed by atoms with Crippen LogP contribution in [0.5, 0.6) is 5.88 Å². The van der Waals surface area contributed by atoms with Crippen molar-refractivity contribution in [3.8, 4) is 28.4 Å². The van der Waals surface area contributed by atoms with E-state index in [0.717, 1.165) is 47.3 Å². The Morgan fingerprint density at radius 2 is 1.77 bits per heavy atom. The van der Waals surface area contributed by atoms with Crippen LogP contribution in [-0.2, 0) is 5.54 Å².